The highest BCUT2D eigenvalue weighted by Crippen LogP contribution is 2.16. The monoisotopic (exact) mass is 251 g/mol. The van der Waals surface area contributed by atoms with Crippen molar-refractivity contribution < 1.29 is 9.84 Å². The van der Waals surface area contributed by atoms with Gasteiger partial charge in [-0.2, -0.15) is 0 Å². The van der Waals surface area contributed by atoms with Gasteiger partial charge in [0.1, 0.15) is 18.5 Å². The molecule has 0 radical (unpaired) electrons. The van der Waals surface area contributed by atoms with Crippen LogP contribution in [0, 0.1) is 6.92 Å². The molecule has 1 atom stereocenters. The summed E-state index contributed by atoms with van der Waals surface area (Å²) < 4.78 is 5.61. The Morgan fingerprint density at radius 2 is 1.89 bits per heavy atom. The molecule has 0 aromatic heterocycles. The number of aliphatic hydroxyl groups is 1. The third kappa shape index (κ3) is 5.07. The Bertz CT molecular complexity index is 337. The minimum absolute atomic E-state index is 0.331. The van der Waals surface area contributed by atoms with Crippen LogP contribution in [0.25, 0.3) is 0 Å². The first kappa shape index (κ1) is 15.0. The normalized spacial score (nSPS) is 12.7. The standard InChI is InChI=1S/C15H25NO2/c1-4-13(5-2)16-10-14(17)11-18-15-9-7-6-8-12(15)3/h6-9,13-14,16-17H,4-5,10-11H2,1-3H3. The molecule has 3 nitrogen and oxygen atoms in total. The molecule has 3 heteroatoms. The summed E-state index contributed by atoms with van der Waals surface area (Å²) in [5.41, 5.74) is 1.10. The third-order valence-electron chi connectivity index (χ3n) is 3.15. The number of ether oxygens (including phenoxy) is 1. The zero-order valence-electron chi connectivity index (χ0n) is 11.6. The first-order chi connectivity index (χ1) is 8.67. The lowest BCUT2D eigenvalue weighted by Gasteiger charge is -2.18. The van der Waals surface area contributed by atoms with E-state index in [4.69, 9.17) is 4.74 Å². The average molecular weight is 251 g/mol. The summed E-state index contributed by atoms with van der Waals surface area (Å²) in [6.07, 6.45) is 1.70. The van der Waals surface area contributed by atoms with Gasteiger partial charge < -0.3 is 15.2 Å². The summed E-state index contributed by atoms with van der Waals surface area (Å²) in [6, 6.07) is 8.34. The van der Waals surface area contributed by atoms with Crippen LogP contribution in [-0.2, 0) is 0 Å². The number of nitrogens with one attached hydrogen (secondary N) is 1. The largest absolute Gasteiger partial charge is 0.491 e. The van der Waals surface area contributed by atoms with Crippen LogP contribution in [0.3, 0.4) is 0 Å². The molecule has 1 unspecified atom stereocenters. The van der Waals surface area contributed by atoms with Gasteiger partial charge in [-0.25, -0.2) is 0 Å². The van der Waals surface area contributed by atoms with Gasteiger partial charge >= 0.3 is 0 Å². The molecule has 0 aliphatic heterocycles. The lowest BCUT2D eigenvalue weighted by molar-refractivity contribution is 0.103. The van der Waals surface area contributed by atoms with Crippen LogP contribution < -0.4 is 10.1 Å². The van der Waals surface area contributed by atoms with Crippen molar-refractivity contribution in [3.8, 4) is 5.75 Å². The first-order valence-corrected chi connectivity index (χ1v) is 6.77. The summed E-state index contributed by atoms with van der Waals surface area (Å²) in [6.45, 7) is 7.22. The summed E-state index contributed by atoms with van der Waals surface area (Å²) in [5, 5.41) is 13.2. The fourth-order valence-corrected chi connectivity index (χ4v) is 1.84. The molecule has 0 aliphatic rings. The van der Waals surface area contributed by atoms with E-state index >= 15 is 0 Å². The average Bonchev–Trinajstić information content (AvgIpc) is 2.39. The van der Waals surface area contributed by atoms with Gasteiger partial charge in [-0.15, -0.1) is 0 Å². The molecule has 2 N–H and O–H groups in total. The molecule has 1 rings (SSSR count). The second-order valence-electron chi connectivity index (χ2n) is 4.65. The van der Waals surface area contributed by atoms with E-state index in [1.54, 1.807) is 0 Å². The lowest BCUT2D eigenvalue weighted by Crippen LogP contribution is -2.37. The topological polar surface area (TPSA) is 41.5 Å². The second-order valence-corrected chi connectivity index (χ2v) is 4.65. The first-order valence-electron chi connectivity index (χ1n) is 6.77. The van der Waals surface area contributed by atoms with Gasteiger partial charge in [0.15, 0.2) is 0 Å². The van der Waals surface area contributed by atoms with Crippen molar-refractivity contribution in [3.05, 3.63) is 29.8 Å². The number of aryl methyl sites for hydroxylation is 1. The van der Waals surface area contributed by atoms with Crippen molar-refractivity contribution in [1.29, 1.82) is 0 Å². The molecule has 0 spiro atoms. The van der Waals surface area contributed by atoms with Crippen molar-refractivity contribution >= 4 is 0 Å². The van der Waals surface area contributed by atoms with Gasteiger partial charge in [0.05, 0.1) is 0 Å². The van der Waals surface area contributed by atoms with E-state index in [2.05, 4.69) is 19.2 Å². The maximum absolute atomic E-state index is 9.85. The number of rotatable bonds is 8. The minimum atomic E-state index is -0.467. The predicted octanol–water partition coefficient (Wildman–Crippen LogP) is 2.51. The molecule has 0 saturated heterocycles. The number of aliphatic hydroxyl groups excluding tert-OH is 1. The van der Waals surface area contributed by atoms with Crippen LogP contribution in [0.5, 0.6) is 5.75 Å². The molecular formula is C15H25NO2. The van der Waals surface area contributed by atoms with Gasteiger partial charge in [-0.05, 0) is 31.4 Å². The van der Waals surface area contributed by atoms with E-state index in [9.17, 15) is 5.11 Å². The van der Waals surface area contributed by atoms with Crippen LogP contribution >= 0.6 is 0 Å². The quantitative estimate of drug-likeness (QED) is 0.746. The van der Waals surface area contributed by atoms with Crippen molar-refractivity contribution in [2.45, 2.75) is 45.8 Å². The van der Waals surface area contributed by atoms with E-state index in [0.717, 1.165) is 24.2 Å². The van der Waals surface area contributed by atoms with Crippen LogP contribution in [0.4, 0.5) is 0 Å². The SMILES string of the molecule is CCC(CC)NCC(O)COc1ccccc1C. The van der Waals surface area contributed by atoms with Crippen LogP contribution in [0.1, 0.15) is 32.3 Å². The van der Waals surface area contributed by atoms with Gasteiger partial charge in [-0.1, -0.05) is 32.0 Å². The summed E-state index contributed by atoms with van der Waals surface area (Å²) >= 11 is 0. The molecule has 1 aromatic rings. The van der Waals surface area contributed by atoms with Gasteiger partial charge in [0.25, 0.3) is 0 Å². The summed E-state index contributed by atoms with van der Waals surface area (Å²) in [4.78, 5) is 0. The van der Waals surface area contributed by atoms with E-state index in [1.165, 1.54) is 0 Å². The maximum atomic E-state index is 9.85. The highest BCUT2D eigenvalue weighted by Gasteiger charge is 2.09. The molecule has 0 bridgehead atoms. The maximum Gasteiger partial charge on any atom is 0.122 e. The van der Waals surface area contributed by atoms with Crippen LogP contribution in [-0.4, -0.2) is 30.4 Å². The number of hydrogen-bond acceptors (Lipinski definition) is 3. The Hall–Kier alpha value is -1.06. The van der Waals surface area contributed by atoms with E-state index in [1.807, 2.05) is 31.2 Å². The molecule has 1 aromatic carbocycles. The van der Waals surface area contributed by atoms with Crippen molar-refractivity contribution in [1.82, 2.24) is 5.32 Å². The smallest absolute Gasteiger partial charge is 0.122 e. The Morgan fingerprint density at radius 1 is 1.22 bits per heavy atom. The van der Waals surface area contributed by atoms with Crippen molar-refractivity contribution in [3.63, 3.8) is 0 Å². The zero-order valence-corrected chi connectivity index (χ0v) is 11.6. The highest BCUT2D eigenvalue weighted by molar-refractivity contribution is 5.31. The van der Waals surface area contributed by atoms with Crippen LogP contribution in [0.15, 0.2) is 24.3 Å². The predicted molar refractivity (Wildman–Crippen MR) is 75.1 cm³/mol. The Morgan fingerprint density at radius 3 is 2.50 bits per heavy atom. The highest BCUT2D eigenvalue weighted by atomic mass is 16.5. The molecule has 0 fully saturated rings. The Balaban J connectivity index is 2.29. The molecule has 0 amide bonds. The Kier molecular flexibility index (Phi) is 6.76. The Labute approximate surface area is 110 Å². The van der Waals surface area contributed by atoms with E-state index < -0.39 is 6.10 Å². The van der Waals surface area contributed by atoms with E-state index in [0.29, 0.717) is 19.2 Å². The summed E-state index contributed by atoms with van der Waals surface area (Å²) in [7, 11) is 0. The molecule has 18 heavy (non-hydrogen) atoms. The number of benzene rings is 1. The van der Waals surface area contributed by atoms with Gasteiger partial charge in [-0.3, -0.25) is 0 Å². The lowest BCUT2D eigenvalue weighted by atomic mass is 10.1. The second kappa shape index (κ2) is 8.11. The van der Waals surface area contributed by atoms with Crippen LogP contribution in [0.2, 0.25) is 0 Å². The van der Waals surface area contributed by atoms with Crippen molar-refractivity contribution in [2.24, 2.45) is 0 Å². The number of para-hydroxylation sites is 1. The third-order valence-corrected chi connectivity index (χ3v) is 3.15. The fraction of sp³-hybridized carbons (Fsp3) is 0.600. The number of hydrogen-bond donors (Lipinski definition) is 2. The molecule has 0 saturated carbocycles. The zero-order chi connectivity index (χ0) is 13.4. The van der Waals surface area contributed by atoms with Gasteiger partial charge in [0.2, 0.25) is 0 Å². The van der Waals surface area contributed by atoms with Gasteiger partial charge in [0, 0.05) is 12.6 Å². The molecule has 102 valence electrons. The molecule has 0 aliphatic carbocycles. The minimum Gasteiger partial charge on any atom is -0.491 e. The van der Waals surface area contributed by atoms with E-state index in [-0.39, 0.29) is 0 Å². The molecule has 0 heterocycles. The molecular weight excluding hydrogens is 226 g/mol. The van der Waals surface area contributed by atoms with Crippen molar-refractivity contribution in [2.75, 3.05) is 13.2 Å². The summed E-state index contributed by atoms with van der Waals surface area (Å²) in [5.74, 6) is 0.846. The fourth-order valence-electron chi connectivity index (χ4n) is 1.84.